The molecule has 0 spiro atoms. The molecule has 0 bridgehead atoms. The Kier molecular flexibility index (Phi) is 6.01. The molecular weight excluding hydrogens is 396 g/mol. The van der Waals surface area contributed by atoms with Crippen LogP contribution < -0.4 is 10.2 Å². The summed E-state index contributed by atoms with van der Waals surface area (Å²) in [5.41, 5.74) is 1.75. The number of aryl methyl sites for hydroxylation is 2. The molecule has 9 heteroatoms. The van der Waals surface area contributed by atoms with E-state index in [1.165, 1.54) is 6.07 Å². The molecule has 0 unspecified atom stereocenters. The third kappa shape index (κ3) is 4.76. The van der Waals surface area contributed by atoms with Gasteiger partial charge in [0.1, 0.15) is 17.2 Å². The number of anilines is 2. The van der Waals surface area contributed by atoms with Crippen LogP contribution in [0.25, 0.3) is 0 Å². The second-order valence-corrected chi connectivity index (χ2v) is 8.31. The summed E-state index contributed by atoms with van der Waals surface area (Å²) in [6.07, 6.45) is 3.71. The summed E-state index contributed by atoms with van der Waals surface area (Å²) in [5.74, 6) is 1.48. The van der Waals surface area contributed by atoms with Crippen LogP contribution in [-0.2, 0) is 0 Å². The molecule has 31 heavy (non-hydrogen) atoms. The van der Waals surface area contributed by atoms with Gasteiger partial charge in [-0.2, -0.15) is 0 Å². The molecule has 1 aromatic heterocycles. The number of aromatic nitrogens is 2. The van der Waals surface area contributed by atoms with Gasteiger partial charge >= 0.3 is 0 Å². The second-order valence-electron chi connectivity index (χ2n) is 8.31. The van der Waals surface area contributed by atoms with Crippen LogP contribution in [0.1, 0.15) is 47.6 Å². The lowest BCUT2D eigenvalue weighted by atomic mass is 10.0. The maximum absolute atomic E-state index is 12.8. The molecule has 2 saturated heterocycles. The van der Waals surface area contributed by atoms with Gasteiger partial charge in [-0.25, -0.2) is 9.97 Å². The van der Waals surface area contributed by atoms with Crippen LogP contribution in [0.2, 0.25) is 0 Å². The fourth-order valence-corrected chi connectivity index (χ4v) is 4.39. The molecule has 3 heterocycles. The number of rotatable bonds is 5. The summed E-state index contributed by atoms with van der Waals surface area (Å²) in [4.78, 5) is 36.7. The number of nitro benzene ring substituents is 1. The van der Waals surface area contributed by atoms with Crippen LogP contribution in [0.5, 0.6) is 0 Å². The molecule has 4 rings (SSSR count). The monoisotopic (exact) mass is 424 g/mol. The van der Waals surface area contributed by atoms with Crippen molar-refractivity contribution < 1.29 is 9.72 Å². The summed E-state index contributed by atoms with van der Waals surface area (Å²) in [5, 5.41) is 14.9. The van der Waals surface area contributed by atoms with Crippen molar-refractivity contribution in [1.82, 2.24) is 14.9 Å². The van der Waals surface area contributed by atoms with Crippen molar-refractivity contribution >= 4 is 23.1 Å². The lowest BCUT2D eigenvalue weighted by Crippen LogP contribution is -2.39. The molecule has 2 aliphatic rings. The number of hydrogen-bond acceptors (Lipinski definition) is 7. The molecule has 0 aliphatic carbocycles. The van der Waals surface area contributed by atoms with Gasteiger partial charge in [-0.1, -0.05) is 0 Å². The standard InChI is InChI=1S/C22H28N6O3/c1-15-13-21(24-16(2)23-15)26-11-7-17(8-12-26)25-18-5-6-20(28(30)31)19(14-18)22(29)27-9-3-4-10-27/h5-6,13-14,17,25H,3-4,7-12H2,1-2H3. The third-order valence-electron chi connectivity index (χ3n) is 5.96. The molecular formula is C22H28N6O3. The van der Waals surface area contributed by atoms with Gasteiger partial charge in [0.05, 0.1) is 4.92 Å². The molecule has 0 saturated carbocycles. The fourth-order valence-electron chi connectivity index (χ4n) is 4.39. The van der Waals surface area contributed by atoms with Gasteiger partial charge in [-0.05, 0) is 51.7 Å². The molecule has 2 aromatic rings. The molecule has 1 aromatic carbocycles. The minimum Gasteiger partial charge on any atom is -0.382 e. The van der Waals surface area contributed by atoms with Crippen LogP contribution in [0.4, 0.5) is 17.2 Å². The van der Waals surface area contributed by atoms with Gasteiger partial charge in [-0.15, -0.1) is 0 Å². The Balaban J connectivity index is 1.44. The van der Waals surface area contributed by atoms with Gasteiger partial charge in [0.2, 0.25) is 0 Å². The largest absolute Gasteiger partial charge is 0.382 e. The van der Waals surface area contributed by atoms with Crippen LogP contribution in [0.3, 0.4) is 0 Å². The minimum atomic E-state index is -0.475. The van der Waals surface area contributed by atoms with E-state index in [4.69, 9.17) is 0 Å². The third-order valence-corrected chi connectivity index (χ3v) is 5.96. The predicted octanol–water partition coefficient (Wildman–Crippen LogP) is 3.32. The van der Waals surface area contributed by atoms with Crippen molar-refractivity contribution in [2.45, 2.75) is 45.6 Å². The van der Waals surface area contributed by atoms with Crippen molar-refractivity contribution in [3.63, 3.8) is 0 Å². The highest BCUT2D eigenvalue weighted by Gasteiger charge is 2.28. The van der Waals surface area contributed by atoms with Crippen LogP contribution in [0, 0.1) is 24.0 Å². The van der Waals surface area contributed by atoms with E-state index < -0.39 is 4.92 Å². The van der Waals surface area contributed by atoms with E-state index in [0.29, 0.717) is 13.1 Å². The Morgan fingerprint density at radius 1 is 1.10 bits per heavy atom. The first-order valence-electron chi connectivity index (χ1n) is 10.8. The summed E-state index contributed by atoms with van der Waals surface area (Å²) < 4.78 is 0. The van der Waals surface area contributed by atoms with E-state index in [2.05, 4.69) is 20.2 Å². The Hall–Kier alpha value is -3.23. The maximum Gasteiger partial charge on any atom is 0.282 e. The topological polar surface area (TPSA) is 104 Å². The van der Waals surface area contributed by atoms with Crippen LogP contribution in [-0.4, -0.2) is 57.9 Å². The van der Waals surface area contributed by atoms with E-state index >= 15 is 0 Å². The van der Waals surface area contributed by atoms with Crippen molar-refractivity contribution in [2.75, 3.05) is 36.4 Å². The highest BCUT2D eigenvalue weighted by Crippen LogP contribution is 2.27. The maximum atomic E-state index is 12.8. The SMILES string of the molecule is Cc1cc(N2CCC(Nc3ccc([N+](=O)[O-])c(C(=O)N4CCCC4)c3)CC2)nc(C)n1. The van der Waals surface area contributed by atoms with Crippen LogP contribution in [0.15, 0.2) is 24.3 Å². The Morgan fingerprint density at radius 3 is 2.45 bits per heavy atom. The van der Waals surface area contributed by atoms with E-state index in [-0.39, 0.29) is 23.2 Å². The lowest BCUT2D eigenvalue weighted by Gasteiger charge is -2.33. The molecule has 164 valence electrons. The van der Waals surface area contributed by atoms with Gasteiger partial charge < -0.3 is 15.1 Å². The highest BCUT2D eigenvalue weighted by molar-refractivity contribution is 5.99. The quantitative estimate of drug-likeness (QED) is 0.580. The number of carbonyl (C=O) groups excluding carboxylic acids is 1. The molecule has 2 aliphatic heterocycles. The number of piperidine rings is 1. The minimum absolute atomic E-state index is 0.133. The summed E-state index contributed by atoms with van der Waals surface area (Å²) in [7, 11) is 0. The first-order chi connectivity index (χ1) is 14.9. The number of likely N-dealkylation sites (tertiary alicyclic amines) is 1. The average Bonchev–Trinajstić information content (AvgIpc) is 3.28. The molecule has 0 atom stereocenters. The van der Waals surface area contributed by atoms with Crippen molar-refractivity contribution in [3.05, 3.63) is 51.5 Å². The summed E-state index contributed by atoms with van der Waals surface area (Å²) in [6.45, 7) is 6.92. The normalized spacial score (nSPS) is 17.1. The summed E-state index contributed by atoms with van der Waals surface area (Å²) in [6, 6.07) is 7.02. The Morgan fingerprint density at radius 2 is 1.81 bits per heavy atom. The molecule has 2 fully saturated rings. The molecule has 1 amide bonds. The van der Waals surface area contributed by atoms with E-state index in [1.807, 2.05) is 19.9 Å². The van der Waals surface area contributed by atoms with Crippen molar-refractivity contribution in [3.8, 4) is 0 Å². The predicted molar refractivity (Wildman–Crippen MR) is 119 cm³/mol. The zero-order valence-electron chi connectivity index (χ0n) is 18.0. The number of nitrogens with zero attached hydrogens (tertiary/aromatic N) is 5. The number of hydrogen-bond donors (Lipinski definition) is 1. The molecule has 1 N–H and O–H groups in total. The van der Waals surface area contributed by atoms with Gasteiger partial charge in [0, 0.05) is 55.7 Å². The second kappa shape index (κ2) is 8.87. The van der Waals surface area contributed by atoms with Gasteiger partial charge in [-0.3, -0.25) is 14.9 Å². The Labute approximate surface area is 181 Å². The number of carbonyl (C=O) groups is 1. The first kappa shape index (κ1) is 21.0. The zero-order valence-corrected chi connectivity index (χ0v) is 18.0. The van der Waals surface area contributed by atoms with E-state index in [0.717, 1.165) is 61.8 Å². The molecule has 0 radical (unpaired) electrons. The lowest BCUT2D eigenvalue weighted by molar-refractivity contribution is -0.385. The van der Waals surface area contributed by atoms with E-state index in [9.17, 15) is 14.9 Å². The summed E-state index contributed by atoms with van der Waals surface area (Å²) >= 11 is 0. The Bertz CT molecular complexity index is 961. The number of benzene rings is 1. The fraction of sp³-hybridized carbons (Fsp3) is 0.500. The average molecular weight is 425 g/mol. The first-order valence-corrected chi connectivity index (χ1v) is 10.8. The number of nitro groups is 1. The van der Waals surface area contributed by atoms with Gasteiger partial charge in [0.25, 0.3) is 11.6 Å². The van der Waals surface area contributed by atoms with Crippen molar-refractivity contribution in [2.24, 2.45) is 0 Å². The zero-order chi connectivity index (χ0) is 22.0. The smallest absolute Gasteiger partial charge is 0.282 e. The highest BCUT2D eigenvalue weighted by atomic mass is 16.6. The van der Waals surface area contributed by atoms with E-state index in [1.54, 1.807) is 17.0 Å². The molecule has 9 nitrogen and oxygen atoms in total. The van der Waals surface area contributed by atoms with Crippen LogP contribution >= 0.6 is 0 Å². The number of amides is 1. The van der Waals surface area contributed by atoms with Crippen molar-refractivity contribution in [1.29, 1.82) is 0 Å². The van der Waals surface area contributed by atoms with Gasteiger partial charge in [0.15, 0.2) is 0 Å². The number of nitrogens with one attached hydrogen (secondary N) is 1.